The third-order valence-corrected chi connectivity index (χ3v) is 5.41. The summed E-state index contributed by atoms with van der Waals surface area (Å²) >= 11 is 1.85. The summed E-state index contributed by atoms with van der Waals surface area (Å²) in [6.07, 6.45) is 7.56. The van der Waals surface area contributed by atoms with Gasteiger partial charge in [0.15, 0.2) is 5.65 Å². The molecule has 0 unspecified atom stereocenters. The molecule has 104 valence electrons. The Balaban J connectivity index is 1.99. The Morgan fingerprint density at radius 1 is 1.40 bits per heavy atom. The lowest BCUT2D eigenvalue weighted by molar-refractivity contribution is 0.509. The fourth-order valence-electron chi connectivity index (χ4n) is 3.18. The molecule has 0 spiro atoms. The van der Waals surface area contributed by atoms with Gasteiger partial charge in [0.1, 0.15) is 17.0 Å². The molecule has 0 N–H and O–H groups in total. The number of thiophene rings is 1. The van der Waals surface area contributed by atoms with Gasteiger partial charge in [0.2, 0.25) is 0 Å². The molecular weight excluding hydrogens is 268 g/mol. The first-order chi connectivity index (χ1) is 9.78. The number of aryl methyl sites for hydroxylation is 2. The highest BCUT2D eigenvalue weighted by atomic mass is 32.1. The molecule has 20 heavy (non-hydrogen) atoms. The minimum Gasteiger partial charge on any atom is -0.269 e. The first-order valence-corrected chi connectivity index (χ1v) is 8.22. The quantitative estimate of drug-likeness (QED) is 0.725. The molecule has 3 aromatic rings. The van der Waals surface area contributed by atoms with E-state index >= 15 is 0 Å². The van der Waals surface area contributed by atoms with E-state index in [9.17, 15) is 0 Å². The second kappa shape index (κ2) is 4.52. The lowest BCUT2D eigenvalue weighted by Gasteiger charge is -2.17. The summed E-state index contributed by atoms with van der Waals surface area (Å²) < 4.78 is 2.08. The van der Waals surface area contributed by atoms with E-state index < -0.39 is 0 Å². The van der Waals surface area contributed by atoms with Crippen molar-refractivity contribution in [2.75, 3.05) is 0 Å². The predicted molar refractivity (Wildman–Crippen MR) is 81.3 cm³/mol. The first kappa shape index (κ1) is 12.3. The lowest BCUT2D eigenvalue weighted by Crippen LogP contribution is -2.08. The van der Waals surface area contributed by atoms with Crippen LogP contribution in [0.25, 0.3) is 15.9 Å². The molecule has 3 aromatic heterocycles. The van der Waals surface area contributed by atoms with E-state index in [1.807, 2.05) is 17.7 Å². The molecule has 0 radical (unpaired) electrons. The predicted octanol–water partition coefficient (Wildman–Crippen LogP) is 3.42. The van der Waals surface area contributed by atoms with Crippen molar-refractivity contribution < 1.29 is 0 Å². The molecule has 0 aliphatic heterocycles. The summed E-state index contributed by atoms with van der Waals surface area (Å²) in [5, 5.41) is 10.1. The van der Waals surface area contributed by atoms with Crippen LogP contribution in [0.1, 0.15) is 43.0 Å². The minimum atomic E-state index is 0.792. The van der Waals surface area contributed by atoms with E-state index in [-0.39, 0.29) is 0 Å². The number of rotatable bonds is 2. The Morgan fingerprint density at radius 3 is 3.15 bits per heavy atom. The maximum Gasteiger partial charge on any atom is 0.172 e. The van der Waals surface area contributed by atoms with Gasteiger partial charge in [0.25, 0.3) is 0 Å². The zero-order valence-electron chi connectivity index (χ0n) is 11.9. The van der Waals surface area contributed by atoms with Gasteiger partial charge in [0.05, 0.1) is 5.39 Å². The summed E-state index contributed by atoms with van der Waals surface area (Å²) in [6.45, 7) is 4.51. The summed E-state index contributed by atoms with van der Waals surface area (Å²) in [4.78, 5) is 7.30. The monoisotopic (exact) mass is 286 g/mol. The van der Waals surface area contributed by atoms with E-state index in [0.717, 1.165) is 41.5 Å². The number of aromatic nitrogens is 4. The molecular formula is C15H18N4S. The van der Waals surface area contributed by atoms with E-state index in [2.05, 4.69) is 33.4 Å². The van der Waals surface area contributed by atoms with Crippen molar-refractivity contribution in [3.05, 3.63) is 22.6 Å². The fourth-order valence-corrected chi connectivity index (χ4v) is 4.52. The van der Waals surface area contributed by atoms with Gasteiger partial charge in [-0.05, 0) is 37.2 Å². The van der Waals surface area contributed by atoms with Crippen LogP contribution < -0.4 is 0 Å². The molecule has 0 aromatic carbocycles. The van der Waals surface area contributed by atoms with Gasteiger partial charge in [0, 0.05) is 11.3 Å². The summed E-state index contributed by atoms with van der Waals surface area (Å²) in [6, 6.07) is 0. The third kappa shape index (κ3) is 1.69. The van der Waals surface area contributed by atoms with Crippen LogP contribution in [0.2, 0.25) is 0 Å². The number of nitrogens with zero attached hydrogens (tertiary/aromatic N) is 4. The molecule has 1 aliphatic carbocycles. The molecule has 0 saturated carbocycles. The van der Waals surface area contributed by atoms with Crippen molar-refractivity contribution in [3.8, 4) is 0 Å². The van der Waals surface area contributed by atoms with Gasteiger partial charge in [-0.25, -0.2) is 4.98 Å². The Kier molecular flexibility index (Phi) is 2.77. The summed E-state index contributed by atoms with van der Waals surface area (Å²) in [7, 11) is 0. The molecule has 4 nitrogen and oxygen atoms in total. The SMILES string of the molecule is CCCc1nnc2c3c4c(sc3ncn12)C[C@@H](C)CC4. The normalized spacial score (nSPS) is 18.8. The Morgan fingerprint density at radius 2 is 2.30 bits per heavy atom. The smallest absolute Gasteiger partial charge is 0.172 e. The van der Waals surface area contributed by atoms with E-state index in [4.69, 9.17) is 0 Å². The maximum absolute atomic E-state index is 4.66. The van der Waals surface area contributed by atoms with Crippen LogP contribution in [0.5, 0.6) is 0 Å². The van der Waals surface area contributed by atoms with Gasteiger partial charge in [-0.3, -0.25) is 4.40 Å². The zero-order chi connectivity index (χ0) is 13.7. The van der Waals surface area contributed by atoms with E-state index in [0.29, 0.717) is 0 Å². The molecule has 0 saturated heterocycles. The Labute approximate surface area is 121 Å². The third-order valence-electron chi connectivity index (χ3n) is 4.25. The van der Waals surface area contributed by atoms with Gasteiger partial charge in [-0.1, -0.05) is 13.8 Å². The van der Waals surface area contributed by atoms with E-state index in [1.54, 1.807) is 0 Å². The lowest BCUT2D eigenvalue weighted by atomic mass is 9.89. The fraction of sp³-hybridized carbons (Fsp3) is 0.533. The van der Waals surface area contributed by atoms with Gasteiger partial charge in [-0.15, -0.1) is 21.5 Å². The second-order valence-corrected chi connectivity index (χ2v) is 6.92. The van der Waals surface area contributed by atoms with Crippen LogP contribution in [-0.2, 0) is 19.3 Å². The van der Waals surface area contributed by atoms with Crippen LogP contribution in [0.3, 0.4) is 0 Å². The average Bonchev–Trinajstić information content (AvgIpc) is 2.99. The maximum atomic E-state index is 4.66. The van der Waals surface area contributed by atoms with Crippen LogP contribution in [0.4, 0.5) is 0 Å². The first-order valence-electron chi connectivity index (χ1n) is 7.40. The summed E-state index contributed by atoms with van der Waals surface area (Å²) in [5.41, 5.74) is 2.49. The molecule has 1 aliphatic rings. The van der Waals surface area contributed by atoms with Gasteiger partial charge < -0.3 is 0 Å². The second-order valence-electron chi connectivity index (χ2n) is 5.84. The largest absolute Gasteiger partial charge is 0.269 e. The number of hydrogen-bond donors (Lipinski definition) is 0. The number of hydrogen-bond acceptors (Lipinski definition) is 4. The van der Waals surface area contributed by atoms with Crippen LogP contribution in [0, 0.1) is 5.92 Å². The van der Waals surface area contributed by atoms with Crippen LogP contribution >= 0.6 is 11.3 Å². The van der Waals surface area contributed by atoms with Crippen LogP contribution in [-0.4, -0.2) is 19.6 Å². The zero-order valence-corrected chi connectivity index (χ0v) is 12.7. The van der Waals surface area contributed by atoms with Crippen molar-refractivity contribution in [2.45, 2.75) is 46.0 Å². The molecule has 4 rings (SSSR count). The molecule has 0 bridgehead atoms. The van der Waals surface area contributed by atoms with Crippen molar-refractivity contribution >= 4 is 27.2 Å². The van der Waals surface area contributed by atoms with Crippen molar-refractivity contribution in [1.29, 1.82) is 0 Å². The van der Waals surface area contributed by atoms with Gasteiger partial charge >= 0.3 is 0 Å². The van der Waals surface area contributed by atoms with Crippen molar-refractivity contribution in [2.24, 2.45) is 5.92 Å². The molecule has 0 amide bonds. The molecule has 1 atom stereocenters. The minimum absolute atomic E-state index is 0.792. The highest BCUT2D eigenvalue weighted by Gasteiger charge is 2.23. The number of fused-ring (bicyclic) bond motifs is 5. The highest BCUT2D eigenvalue weighted by Crippen LogP contribution is 2.38. The summed E-state index contributed by atoms with van der Waals surface area (Å²) in [5.74, 6) is 1.82. The van der Waals surface area contributed by atoms with Gasteiger partial charge in [-0.2, -0.15) is 0 Å². The topological polar surface area (TPSA) is 43.1 Å². The molecule has 5 heteroatoms. The Hall–Kier alpha value is -1.49. The highest BCUT2D eigenvalue weighted by molar-refractivity contribution is 7.19. The van der Waals surface area contributed by atoms with E-state index in [1.165, 1.54) is 28.7 Å². The average molecular weight is 286 g/mol. The van der Waals surface area contributed by atoms with Crippen molar-refractivity contribution in [3.63, 3.8) is 0 Å². The van der Waals surface area contributed by atoms with Crippen LogP contribution in [0.15, 0.2) is 6.33 Å². The molecule has 3 heterocycles. The standard InChI is InChI=1S/C15H18N4S/c1-3-4-12-17-18-14-13-10-6-5-9(2)7-11(10)20-15(13)16-8-19(12)14/h8-9H,3-7H2,1-2H3/t9-/m0/s1. The Bertz CT molecular complexity index is 786. The van der Waals surface area contributed by atoms with Crippen molar-refractivity contribution in [1.82, 2.24) is 19.6 Å². The molecule has 0 fully saturated rings.